The van der Waals surface area contributed by atoms with Crippen LogP contribution in [-0.4, -0.2) is 16.6 Å². The number of anilines is 1. The zero-order valence-electron chi connectivity index (χ0n) is 11.9. The van der Waals surface area contributed by atoms with E-state index in [0.717, 1.165) is 30.8 Å². The van der Waals surface area contributed by atoms with Gasteiger partial charge >= 0.3 is 0 Å². The summed E-state index contributed by atoms with van der Waals surface area (Å²) in [4.78, 5) is 8.90. The average molecular weight is 264 g/mol. The lowest BCUT2D eigenvalue weighted by atomic mass is 10.1. The maximum Gasteiger partial charge on any atom is 0.221 e. The molecule has 0 bridgehead atoms. The molecule has 5 heteroatoms. The zero-order valence-corrected chi connectivity index (χ0v) is 11.9. The summed E-state index contributed by atoms with van der Waals surface area (Å²) in [7, 11) is 0. The molecule has 2 rings (SSSR count). The molecule has 1 aromatic rings. The summed E-state index contributed by atoms with van der Waals surface area (Å²) in [6, 6.07) is 0. The molecule has 0 unspecified atom stereocenters. The molecule has 1 fully saturated rings. The van der Waals surface area contributed by atoms with E-state index in [-0.39, 0.29) is 0 Å². The van der Waals surface area contributed by atoms with Crippen molar-refractivity contribution in [3.8, 4) is 5.88 Å². The Morgan fingerprint density at radius 1 is 1.32 bits per heavy atom. The Bertz CT molecular complexity index is 416. The van der Waals surface area contributed by atoms with Gasteiger partial charge in [-0.2, -0.15) is 4.98 Å². The third-order valence-corrected chi connectivity index (χ3v) is 3.69. The number of hydrogen-bond acceptors (Lipinski definition) is 5. The van der Waals surface area contributed by atoms with Crippen molar-refractivity contribution in [3.63, 3.8) is 0 Å². The van der Waals surface area contributed by atoms with Gasteiger partial charge in [0.05, 0.1) is 12.2 Å². The molecular weight excluding hydrogens is 240 g/mol. The molecule has 1 heterocycles. The highest BCUT2D eigenvalue weighted by atomic mass is 16.5. The topological polar surface area (TPSA) is 73.1 Å². The number of nitrogens with two attached hydrogens (primary N) is 1. The first-order valence-electron chi connectivity index (χ1n) is 7.21. The number of nitrogen functional groups attached to an aromatic ring is 1. The molecule has 0 saturated heterocycles. The van der Waals surface area contributed by atoms with E-state index in [1.165, 1.54) is 25.7 Å². The Hall–Kier alpha value is -1.36. The SMILES string of the molecule is CCCc1nc(NN)c(C)c(OCC2CCCC2)n1. The molecule has 19 heavy (non-hydrogen) atoms. The van der Waals surface area contributed by atoms with Crippen molar-refractivity contribution in [2.24, 2.45) is 11.8 Å². The Labute approximate surface area is 114 Å². The molecule has 1 aliphatic rings. The van der Waals surface area contributed by atoms with Crippen LogP contribution >= 0.6 is 0 Å². The number of nitrogens with one attached hydrogen (secondary N) is 1. The Morgan fingerprint density at radius 3 is 2.68 bits per heavy atom. The van der Waals surface area contributed by atoms with Gasteiger partial charge in [-0.15, -0.1) is 0 Å². The molecule has 1 aromatic heterocycles. The van der Waals surface area contributed by atoms with Crippen LogP contribution in [0, 0.1) is 12.8 Å². The number of ether oxygens (including phenoxy) is 1. The molecule has 0 aliphatic heterocycles. The third-order valence-electron chi connectivity index (χ3n) is 3.69. The van der Waals surface area contributed by atoms with E-state index in [4.69, 9.17) is 10.6 Å². The molecule has 0 spiro atoms. The summed E-state index contributed by atoms with van der Waals surface area (Å²) < 4.78 is 5.90. The van der Waals surface area contributed by atoms with E-state index in [1.807, 2.05) is 6.92 Å². The summed E-state index contributed by atoms with van der Waals surface area (Å²) in [6.45, 7) is 4.81. The number of nitrogens with zero attached hydrogens (tertiary/aromatic N) is 2. The van der Waals surface area contributed by atoms with Gasteiger partial charge in [-0.25, -0.2) is 10.8 Å². The van der Waals surface area contributed by atoms with Crippen LogP contribution in [0.4, 0.5) is 5.82 Å². The van der Waals surface area contributed by atoms with Crippen LogP contribution in [0.5, 0.6) is 5.88 Å². The fourth-order valence-electron chi connectivity index (χ4n) is 2.53. The van der Waals surface area contributed by atoms with Gasteiger partial charge in [0, 0.05) is 6.42 Å². The minimum Gasteiger partial charge on any atom is -0.477 e. The monoisotopic (exact) mass is 264 g/mol. The second-order valence-electron chi connectivity index (χ2n) is 5.27. The smallest absolute Gasteiger partial charge is 0.221 e. The van der Waals surface area contributed by atoms with Gasteiger partial charge in [0.25, 0.3) is 0 Å². The summed E-state index contributed by atoms with van der Waals surface area (Å²) >= 11 is 0. The summed E-state index contributed by atoms with van der Waals surface area (Å²) in [5.41, 5.74) is 3.52. The van der Waals surface area contributed by atoms with Crippen molar-refractivity contribution in [3.05, 3.63) is 11.4 Å². The average Bonchev–Trinajstić information content (AvgIpc) is 2.92. The predicted molar refractivity (Wildman–Crippen MR) is 76.0 cm³/mol. The highest BCUT2D eigenvalue weighted by Crippen LogP contribution is 2.27. The fraction of sp³-hybridized carbons (Fsp3) is 0.714. The van der Waals surface area contributed by atoms with Gasteiger partial charge in [-0.3, -0.25) is 0 Å². The lowest BCUT2D eigenvalue weighted by Gasteiger charge is -2.15. The van der Waals surface area contributed by atoms with Crippen molar-refractivity contribution >= 4 is 5.82 Å². The van der Waals surface area contributed by atoms with Crippen LogP contribution in [0.1, 0.15) is 50.4 Å². The largest absolute Gasteiger partial charge is 0.477 e. The highest BCUT2D eigenvalue weighted by molar-refractivity contribution is 5.47. The lowest BCUT2D eigenvalue weighted by molar-refractivity contribution is 0.241. The Balaban J connectivity index is 2.09. The van der Waals surface area contributed by atoms with E-state index in [2.05, 4.69) is 22.3 Å². The van der Waals surface area contributed by atoms with E-state index < -0.39 is 0 Å². The molecule has 0 amide bonds. The van der Waals surface area contributed by atoms with Gasteiger partial charge < -0.3 is 10.2 Å². The zero-order chi connectivity index (χ0) is 13.7. The van der Waals surface area contributed by atoms with Crippen molar-refractivity contribution < 1.29 is 4.74 Å². The van der Waals surface area contributed by atoms with Crippen molar-refractivity contribution in [2.45, 2.75) is 52.4 Å². The Kier molecular flexibility index (Phi) is 4.96. The summed E-state index contributed by atoms with van der Waals surface area (Å²) in [5.74, 6) is 8.33. The van der Waals surface area contributed by atoms with Crippen LogP contribution in [0.25, 0.3) is 0 Å². The molecule has 1 saturated carbocycles. The van der Waals surface area contributed by atoms with Gasteiger partial charge in [0.2, 0.25) is 5.88 Å². The molecule has 0 radical (unpaired) electrons. The number of aromatic nitrogens is 2. The first kappa shape index (κ1) is 14.1. The maximum atomic E-state index is 5.90. The minimum absolute atomic E-state index is 0.667. The standard InChI is InChI=1S/C14H24N4O/c1-3-6-12-16-13(18-15)10(2)14(17-12)19-9-11-7-4-5-8-11/h11H,3-9,15H2,1-2H3,(H,16,17,18). The molecule has 1 aliphatic carbocycles. The lowest BCUT2D eigenvalue weighted by Crippen LogP contribution is -2.15. The number of aryl methyl sites for hydroxylation is 1. The number of hydrogen-bond donors (Lipinski definition) is 2. The third kappa shape index (κ3) is 3.56. The molecule has 3 N–H and O–H groups in total. The van der Waals surface area contributed by atoms with E-state index in [9.17, 15) is 0 Å². The van der Waals surface area contributed by atoms with Crippen LogP contribution in [0.15, 0.2) is 0 Å². The molecule has 106 valence electrons. The molecule has 5 nitrogen and oxygen atoms in total. The first-order valence-corrected chi connectivity index (χ1v) is 7.21. The fourth-order valence-corrected chi connectivity index (χ4v) is 2.53. The number of hydrazine groups is 1. The van der Waals surface area contributed by atoms with Gasteiger partial charge in [-0.05, 0) is 32.1 Å². The highest BCUT2D eigenvalue weighted by Gasteiger charge is 2.17. The van der Waals surface area contributed by atoms with Crippen molar-refractivity contribution in [2.75, 3.05) is 12.0 Å². The van der Waals surface area contributed by atoms with Crippen molar-refractivity contribution in [1.82, 2.24) is 9.97 Å². The van der Waals surface area contributed by atoms with E-state index >= 15 is 0 Å². The van der Waals surface area contributed by atoms with Gasteiger partial charge in [0.1, 0.15) is 11.6 Å². The second kappa shape index (κ2) is 6.70. The van der Waals surface area contributed by atoms with E-state index in [1.54, 1.807) is 0 Å². The van der Waals surface area contributed by atoms with Gasteiger partial charge in [0.15, 0.2) is 0 Å². The second-order valence-corrected chi connectivity index (χ2v) is 5.27. The van der Waals surface area contributed by atoms with E-state index in [0.29, 0.717) is 17.6 Å². The predicted octanol–water partition coefficient (Wildman–Crippen LogP) is 2.59. The van der Waals surface area contributed by atoms with Crippen molar-refractivity contribution in [1.29, 1.82) is 0 Å². The van der Waals surface area contributed by atoms with Crippen LogP contribution in [0.2, 0.25) is 0 Å². The maximum absolute atomic E-state index is 5.90. The Morgan fingerprint density at radius 2 is 2.05 bits per heavy atom. The summed E-state index contributed by atoms with van der Waals surface area (Å²) in [6.07, 6.45) is 7.05. The minimum atomic E-state index is 0.667. The van der Waals surface area contributed by atoms with Gasteiger partial charge in [-0.1, -0.05) is 19.8 Å². The van der Waals surface area contributed by atoms with Crippen LogP contribution < -0.4 is 16.0 Å². The quantitative estimate of drug-likeness (QED) is 0.610. The number of rotatable bonds is 6. The van der Waals surface area contributed by atoms with Crippen LogP contribution in [-0.2, 0) is 6.42 Å². The molecule has 0 atom stereocenters. The summed E-state index contributed by atoms with van der Waals surface area (Å²) in [5, 5.41) is 0. The molecule has 0 aromatic carbocycles. The van der Waals surface area contributed by atoms with Crippen LogP contribution in [0.3, 0.4) is 0 Å². The first-order chi connectivity index (χ1) is 9.24. The normalized spacial score (nSPS) is 15.7. The molecular formula is C14H24N4O.